The fraction of sp³-hybridized carbons (Fsp3) is 0.600. The standard InChI is InChI=1S/C15H21BrFNO/c1-3-10-18-14(15(19-2)8-5-9-15)11-6-4-7-12(16)13(11)17/h4,6-7,14,18H,3,5,8-10H2,1-2H3. The average Bonchev–Trinajstić information content (AvgIpc) is 2.36. The minimum atomic E-state index is -0.253. The molecule has 1 unspecified atom stereocenters. The third kappa shape index (κ3) is 2.86. The summed E-state index contributed by atoms with van der Waals surface area (Å²) in [4.78, 5) is 0. The molecule has 106 valence electrons. The molecule has 1 aliphatic rings. The number of benzene rings is 1. The van der Waals surface area contributed by atoms with Crippen LogP contribution in [0.4, 0.5) is 4.39 Å². The van der Waals surface area contributed by atoms with Crippen molar-refractivity contribution in [3.05, 3.63) is 34.1 Å². The first-order chi connectivity index (χ1) is 9.14. The van der Waals surface area contributed by atoms with Crippen molar-refractivity contribution in [1.29, 1.82) is 0 Å². The zero-order valence-electron chi connectivity index (χ0n) is 11.5. The minimum absolute atomic E-state index is 0.0799. The van der Waals surface area contributed by atoms with Crippen LogP contribution in [0.1, 0.15) is 44.2 Å². The fourth-order valence-electron chi connectivity index (χ4n) is 2.75. The van der Waals surface area contributed by atoms with Crippen LogP contribution >= 0.6 is 15.9 Å². The first kappa shape index (κ1) is 14.9. The molecule has 2 rings (SSSR count). The molecule has 1 atom stereocenters. The van der Waals surface area contributed by atoms with Gasteiger partial charge in [-0.3, -0.25) is 0 Å². The van der Waals surface area contributed by atoms with E-state index in [2.05, 4.69) is 28.2 Å². The predicted octanol–water partition coefficient (Wildman–Crippen LogP) is 4.20. The number of halogens is 2. The van der Waals surface area contributed by atoms with Crippen molar-refractivity contribution in [3.8, 4) is 0 Å². The molecule has 0 saturated heterocycles. The molecule has 0 amide bonds. The van der Waals surface area contributed by atoms with Gasteiger partial charge in [-0.1, -0.05) is 19.1 Å². The van der Waals surface area contributed by atoms with Crippen LogP contribution in [0.2, 0.25) is 0 Å². The maximum Gasteiger partial charge on any atom is 0.142 e. The molecule has 0 spiro atoms. The van der Waals surface area contributed by atoms with Gasteiger partial charge in [0.15, 0.2) is 0 Å². The van der Waals surface area contributed by atoms with Crippen LogP contribution in [0.3, 0.4) is 0 Å². The topological polar surface area (TPSA) is 21.3 Å². The Kier molecular flexibility index (Phi) is 4.98. The lowest BCUT2D eigenvalue weighted by molar-refractivity contribution is -0.100. The first-order valence-electron chi connectivity index (χ1n) is 6.87. The fourth-order valence-corrected chi connectivity index (χ4v) is 3.13. The largest absolute Gasteiger partial charge is 0.376 e. The van der Waals surface area contributed by atoms with E-state index in [4.69, 9.17) is 4.74 Å². The maximum absolute atomic E-state index is 14.4. The first-order valence-corrected chi connectivity index (χ1v) is 7.66. The summed E-state index contributed by atoms with van der Waals surface area (Å²) < 4.78 is 20.6. The third-order valence-corrected chi connectivity index (χ3v) is 4.64. The van der Waals surface area contributed by atoms with E-state index in [0.29, 0.717) is 10.0 Å². The summed E-state index contributed by atoms with van der Waals surface area (Å²) in [5.74, 6) is -0.181. The van der Waals surface area contributed by atoms with E-state index in [1.807, 2.05) is 12.1 Å². The Morgan fingerprint density at radius 1 is 1.47 bits per heavy atom. The van der Waals surface area contributed by atoms with E-state index in [1.54, 1.807) is 13.2 Å². The highest BCUT2D eigenvalue weighted by molar-refractivity contribution is 9.10. The van der Waals surface area contributed by atoms with Crippen molar-refractivity contribution in [1.82, 2.24) is 5.32 Å². The molecule has 1 fully saturated rings. The molecule has 1 aromatic carbocycles. The number of hydrogen-bond donors (Lipinski definition) is 1. The number of hydrogen-bond acceptors (Lipinski definition) is 2. The van der Waals surface area contributed by atoms with Crippen LogP contribution in [-0.2, 0) is 4.74 Å². The number of rotatable bonds is 6. The van der Waals surface area contributed by atoms with Gasteiger partial charge in [0.1, 0.15) is 5.82 Å². The second kappa shape index (κ2) is 6.33. The van der Waals surface area contributed by atoms with Crippen molar-refractivity contribution in [2.24, 2.45) is 0 Å². The summed E-state index contributed by atoms with van der Waals surface area (Å²) in [5.41, 5.74) is 0.445. The summed E-state index contributed by atoms with van der Waals surface area (Å²) in [6.45, 7) is 2.98. The van der Waals surface area contributed by atoms with Crippen molar-refractivity contribution < 1.29 is 9.13 Å². The molecule has 19 heavy (non-hydrogen) atoms. The van der Waals surface area contributed by atoms with Crippen LogP contribution in [-0.4, -0.2) is 19.3 Å². The lowest BCUT2D eigenvalue weighted by atomic mass is 9.72. The van der Waals surface area contributed by atoms with Gasteiger partial charge in [-0.05, 0) is 54.2 Å². The van der Waals surface area contributed by atoms with Gasteiger partial charge in [-0.15, -0.1) is 0 Å². The molecule has 0 heterocycles. The quantitative estimate of drug-likeness (QED) is 0.844. The number of nitrogens with one attached hydrogen (secondary N) is 1. The highest BCUT2D eigenvalue weighted by Gasteiger charge is 2.45. The van der Waals surface area contributed by atoms with Crippen LogP contribution in [0, 0.1) is 5.82 Å². The molecule has 0 aliphatic heterocycles. The molecule has 1 aromatic rings. The molecule has 0 aromatic heterocycles. The second-order valence-electron chi connectivity index (χ2n) is 5.15. The molecule has 0 bridgehead atoms. The average molecular weight is 330 g/mol. The molecule has 1 aliphatic carbocycles. The van der Waals surface area contributed by atoms with E-state index in [9.17, 15) is 4.39 Å². The van der Waals surface area contributed by atoms with E-state index in [1.165, 1.54) is 0 Å². The van der Waals surface area contributed by atoms with E-state index >= 15 is 0 Å². The zero-order chi connectivity index (χ0) is 13.9. The minimum Gasteiger partial charge on any atom is -0.376 e. The van der Waals surface area contributed by atoms with Gasteiger partial charge in [-0.25, -0.2) is 4.39 Å². The van der Waals surface area contributed by atoms with Gasteiger partial charge in [0.05, 0.1) is 16.1 Å². The molecule has 2 nitrogen and oxygen atoms in total. The highest BCUT2D eigenvalue weighted by Crippen LogP contribution is 2.45. The molecule has 0 radical (unpaired) electrons. The van der Waals surface area contributed by atoms with Crippen molar-refractivity contribution >= 4 is 15.9 Å². The third-order valence-electron chi connectivity index (χ3n) is 4.02. The molecular weight excluding hydrogens is 309 g/mol. The Bertz CT molecular complexity index is 429. The van der Waals surface area contributed by atoms with E-state index in [0.717, 1.165) is 32.2 Å². The molecule has 1 saturated carbocycles. The normalized spacial score (nSPS) is 18.9. The lowest BCUT2D eigenvalue weighted by Gasteiger charge is -2.47. The van der Waals surface area contributed by atoms with Crippen LogP contribution < -0.4 is 5.32 Å². The van der Waals surface area contributed by atoms with Crippen molar-refractivity contribution in [3.63, 3.8) is 0 Å². The molecule has 4 heteroatoms. The van der Waals surface area contributed by atoms with Gasteiger partial charge in [-0.2, -0.15) is 0 Å². The Morgan fingerprint density at radius 3 is 2.74 bits per heavy atom. The summed E-state index contributed by atoms with van der Waals surface area (Å²) in [7, 11) is 1.73. The zero-order valence-corrected chi connectivity index (χ0v) is 13.1. The SMILES string of the molecule is CCCNC(c1cccc(Br)c1F)C1(OC)CCC1. The van der Waals surface area contributed by atoms with E-state index < -0.39 is 0 Å². The maximum atomic E-state index is 14.4. The van der Waals surface area contributed by atoms with Gasteiger partial charge in [0.25, 0.3) is 0 Å². The van der Waals surface area contributed by atoms with Crippen LogP contribution in [0.15, 0.2) is 22.7 Å². The van der Waals surface area contributed by atoms with Crippen LogP contribution in [0.5, 0.6) is 0 Å². The Labute approximate surface area is 122 Å². The summed E-state index contributed by atoms with van der Waals surface area (Å²) in [5, 5.41) is 3.46. The van der Waals surface area contributed by atoms with Crippen molar-refractivity contribution in [2.45, 2.75) is 44.2 Å². The van der Waals surface area contributed by atoms with E-state index in [-0.39, 0.29) is 17.5 Å². The van der Waals surface area contributed by atoms with Crippen molar-refractivity contribution in [2.75, 3.05) is 13.7 Å². The predicted molar refractivity (Wildman–Crippen MR) is 78.7 cm³/mol. The molecular formula is C15H21BrFNO. The van der Waals surface area contributed by atoms with Gasteiger partial charge < -0.3 is 10.1 Å². The number of ether oxygens (including phenoxy) is 1. The Morgan fingerprint density at radius 2 is 2.21 bits per heavy atom. The summed E-state index contributed by atoms with van der Waals surface area (Å²) in [6.07, 6.45) is 4.13. The summed E-state index contributed by atoms with van der Waals surface area (Å²) >= 11 is 3.27. The lowest BCUT2D eigenvalue weighted by Crippen LogP contribution is -2.51. The van der Waals surface area contributed by atoms with Gasteiger partial charge in [0.2, 0.25) is 0 Å². The van der Waals surface area contributed by atoms with Gasteiger partial charge >= 0.3 is 0 Å². The summed E-state index contributed by atoms with van der Waals surface area (Å²) in [6, 6.07) is 5.39. The monoisotopic (exact) mass is 329 g/mol. The second-order valence-corrected chi connectivity index (χ2v) is 6.01. The van der Waals surface area contributed by atoms with Crippen LogP contribution in [0.25, 0.3) is 0 Å². The molecule has 1 N–H and O–H groups in total. The van der Waals surface area contributed by atoms with Gasteiger partial charge in [0, 0.05) is 12.7 Å². The number of methoxy groups -OCH3 is 1. The smallest absolute Gasteiger partial charge is 0.142 e. The Hall–Kier alpha value is -0.450. The Balaban J connectivity index is 2.34. The highest BCUT2D eigenvalue weighted by atomic mass is 79.9.